The van der Waals surface area contributed by atoms with Gasteiger partial charge in [0.1, 0.15) is 0 Å². The van der Waals surface area contributed by atoms with Gasteiger partial charge >= 0.3 is 0 Å². The zero-order chi connectivity index (χ0) is 12.0. The predicted octanol–water partition coefficient (Wildman–Crippen LogP) is 2.21. The molecule has 15 heavy (non-hydrogen) atoms. The van der Waals surface area contributed by atoms with Crippen molar-refractivity contribution in [3.05, 3.63) is 0 Å². The molecule has 0 aromatic heterocycles. The van der Waals surface area contributed by atoms with Gasteiger partial charge in [-0.05, 0) is 13.0 Å². The number of hydrogen-bond donors (Lipinski definition) is 1. The van der Waals surface area contributed by atoms with Crippen molar-refractivity contribution in [1.29, 1.82) is 0 Å². The minimum absolute atomic E-state index is 0.150. The summed E-state index contributed by atoms with van der Waals surface area (Å²) in [5, 5.41) is 3.29. The van der Waals surface area contributed by atoms with Crippen molar-refractivity contribution in [3.63, 3.8) is 0 Å². The summed E-state index contributed by atoms with van der Waals surface area (Å²) < 4.78 is 24.5. The van der Waals surface area contributed by atoms with Gasteiger partial charge in [0.25, 0.3) is 6.43 Å². The fraction of sp³-hybridized carbons (Fsp3) is 1.00. The molecule has 1 N–H and O–H groups in total. The number of nitrogens with one attached hydrogen (secondary N) is 1. The van der Waals surface area contributed by atoms with E-state index < -0.39 is 6.43 Å². The molecular formula is C11H24F2N2. The molecule has 0 aliphatic carbocycles. The monoisotopic (exact) mass is 222 g/mol. The van der Waals surface area contributed by atoms with Gasteiger partial charge in [-0.15, -0.1) is 0 Å². The first kappa shape index (κ1) is 14.8. The zero-order valence-corrected chi connectivity index (χ0v) is 10.4. The van der Waals surface area contributed by atoms with Gasteiger partial charge in [0.2, 0.25) is 0 Å². The highest BCUT2D eigenvalue weighted by atomic mass is 19.3. The highest BCUT2D eigenvalue weighted by Gasteiger charge is 2.21. The third-order valence-electron chi connectivity index (χ3n) is 2.50. The summed E-state index contributed by atoms with van der Waals surface area (Å²) in [6.07, 6.45) is -2.25. The Morgan fingerprint density at radius 3 is 2.00 bits per heavy atom. The number of rotatable bonds is 7. The molecule has 0 saturated heterocycles. The predicted molar refractivity (Wildman–Crippen MR) is 60.4 cm³/mol. The van der Waals surface area contributed by atoms with E-state index in [2.05, 4.69) is 33.0 Å². The van der Waals surface area contributed by atoms with Crippen LogP contribution in [0.15, 0.2) is 0 Å². The van der Waals surface area contributed by atoms with Crippen LogP contribution < -0.4 is 5.32 Å². The Balaban J connectivity index is 4.13. The number of hydrogen-bond acceptors (Lipinski definition) is 2. The Morgan fingerprint density at radius 1 is 1.13 bits per heavy atom. The van der Waals surface area contributed by atoms with E-state index in [0.29, 0.717) is 12.0 Å². The van der Waals surface area contributed by atoms with Crippen molar-refractivity contribution in [2.24, 2.45) is 5.92 Å². The molecule has 0 radical (unpaired) electrons. The first-order chi connectivity index (χ1) is 6.84. The fourth-order valence-corrected chi connectivity index (χ4v) is 1.61. The average molecular weight is 222 g/mol. The smallest absolute Gasteiger partial charge is 0.251 e. The summed E-state index contributed by atoms with van der Waals surface area (Å²) in [5.41, 5.74) is 0. The largest absolute Gasteiger partial charge is 0.313 e. The summed E-state index contributed by atoms with van der Waals surface area (Å²) >= 11 is 0. The van der Waals surface area contributed by atoms with Gasteiger partial charge in [0, 0.05) is 18.6 Å². The fourth-order valence-electron chi connectivity index (χ4n) is 1.61. The van der Waals surface area contributed by atoms with Crippen LogP contribution in [0.4, 0.5) is 8.78 Å². The van der Waals surface area contributed by atoms with Crippen LogP contribution in [0.3, 0.4) is 0 Å². The highest BCUT2D eigenvalue weighted by Crippen LogP contribution is 2.10. The molecule has 0 aliphatic heterocycles. The summed E-state index contributed by atoms with van der Waals surface area (Å²) in [6.45, 7) is 8.86. The van der Waals surface area contributed by atoms with Crippen LogP contribution >= 0.6 is 0 Å². The highest BCUT2D eigenvalue weighted by molar-refractivity contribution is 4.76. The summed E-state index contributed by atoms with van der Waals surface area (Å²) in [7, 11) is 1.76. The van der Waals surface area contributed by atoms with E-state index in [1.54, 1.807) is 11.9 Å². The zero-order valence-electron chi connectivity index (χ0n) is 10.4. The molecule has 4 heteroatoms. The molecule has 0 rings (SSSR count). The van der Waals surface area contributed by atoms with Crippen LogP contribution in [0, 0.1) is 5.92 Å². The lowest BCUT2D eigenvalue weighted by atomic mass is 10.0. The van der Waals surface area contributed by atoms with Crippen molar-refractivity contribution in [2.45, 2.75) is 46.2 Å². The average Bonchev–Trinajstić information content (AvgIpc) is 2.01. The van der Waals surface area contributed by atoms with Crippen LogP contribution in [-0.2, 0) is 0 Å². The molecule has 0 heterocycles. The molecule has 0 saturated carbocycles. The minimum atomic E-state index is -2.25. The maximum absolute atomic E-state index is 12.2. The second-order valence-corrected chi connectivity index (χ2v) is 4.70. The van der Waals surface area contributed by atoms with Crippen LogP contribution in [0.25, 0.3) is 0 Å². The number of alkyl halides is 2. The molecule has 0 aromatic carbocycles. The van der Waals surface area contributed by atoms with E-state index in [1.807, 2.05) is 0 Å². The van der Waals surface area contributed by atoms with Gasteiger partial charge in [-0.25, -0.2) is 8.78 Å². The van der Waals surface area contributed by atoms with Crippen molar-refractivity contribution >= 4 is 0 Å². The van der Waals surface area contributed by atoms with Crippen molar-refractivity contribution in [2.75, 3.05) is 20.1 Å². The lowest BCUT2D eigenvalue weighted by Crippen LogP contribution is -2.46. The SMILES string of the molecule is CC(C)NCC(C(C)C)N(C)CC(F)F. The van der Waals surface area contributed by atoms with Gasteiger partial charge < -0.3 is 5.32 Å². The van der Waals surface area contributed by atoms with Crippen LogP contribution in [0.2, 0.25) is 0 Å². The van der Waals surface area contributed by atoms with Crippen LogP contribution in [0.1, 0.15) is 27.7 Å². The van der Waals surface area contributed by atoms with Gasteiger partial charge in [-0.3, -0.25) is 4.90 Å². The molecule has 0 spiro atoms. The molecule has 1 atom stereocenters. The molecular weight excluding hydrogens is 198 g/mol. The second kappa shape index (κ2) is 7.12. The van der Waals surface area contributed by atoms with E-state index in [1.165, 1.54) is 0 Å². The van der Waals surface area contributed by atoms with Gasteiger partial charge in [0.05, 0.1) is 6.54 Å². The Hall–Kier alpha value is -0.220. The number of likely N-dealkylation sites (N-methyl/N-ethyl adjacent to an activating group) is 1. The van der Waals surface area contributed by atoms with E-state index in [0.717, 1.165) is 6.54 Å². The number of nitrogens with zero attached hydrogens (tertiary/aromatic N) is 1. The first-order valence-corrected chi connectivity index (χ1v) is 5.56. The third-order valence-corrected chi connectivity index (χ3v) is 2.50. The van der Waals surface area contributed by atoms with E-state index >= 15 is 0 Å². The number of halogens is 2. The standard InChI is InChI=1S/C11H24F2N2/c1-8(2)10(6-14-9(3)4)15(5)7-11(12)13/h8-11,14H,6-7H2,1-5H3. The van der Waals surface area contributed by atoms with Gasteiger partial charge in [-0.2, -0.15) is 0 Å². The molecule has 0 fully saturated rings. The van der Waals surface area contributed by atoms with E-state index in [4.69, 9.17) is 0 Å². The Kier molecular flexibility index (Phi) is 7.02. The lowest BCUT2D eigenvalue weighted by molar-refractivity contribution is 0.0681. The first-order valence-electron chi connectivity index (χ1n) is 5.56. The van der Waals surface area contributed by atoms with Crippen molar-refractivity contribution in [1.82, 2.24) is 10.2 Å². The molecule has 92 valence electrons. The normalized spacial score (nSPS) is 14.6. The Morgan fingerprint density at radius 2 is 1.67 bits per heavy atom. The summed E-state index contributed by atoms with van der Waals surface area (Å²) in [4.78, 5) is 1.74. The Labute approximate surface area is 92.0 Å². The summed E-state index contributed by atoms with van der Waals surface area (Å²) in [6, 6.07) is 0.563. The maximum atomic E-state index is 12.2. The van der Waals surface area contributed by atoms with Crippen LogP contribution in [-0.4, -0.2) is 43.5 Å². The lowest BCUT2D eigenvalue weighted by Gasteiger charge is -2.31. The quantitative estimate of drug-likeness (QED) is 0.710. The molecule has 0 aliphatic rings. The van der Waals surface area contributed by atoms with Gasteiger partial charge in [0.15, 0.2) is 0 Å². The molecule has 1 unspecified atom stereocenters. The molecule has 2 nitrogen and oxygen atoms in total. The molecule has 0 bridgehead atoms. The van der Waals surface area contributed by atoms with E-state index in [9.17, 15) is 8.78 Å². The third kappa shape index (κ3) is 6.79. The maximum Gasteiger partial charge on any atom is 0.251 e. The van der Waals surface area contributed by atoms with Crippen LogP contribution in [0.5, 0.6) is 0 Å². The van der Waals surface area contributed by atoms with Crippen molar-refractivity contribution < 1.29 is 8.78 Å². The van der Waals surface area contributed by atoms with Gasteiger partial charge in [-0.1, -0.05) is 27.7 Å². The van der Waals surface area contributed by atoms with E-state index in [-0.39, 0.29) is 12.6 Å². The summed E-state index contributed by atoms with van der Waals surface area (Å²) in [5.74, 6) is 0.375. The van der Waals surface area contributed by atoms with Crippen molar-refractivity contribution in [3.8, 4) is 0 Å². The topological polar surface area (TPSA) is 15.3 Å². The minimum Gasteiger partial charge on any atom is -0.313 e. The second-order valence-electron chi connectivity index (χ2n) is 4.70. The molecule has 0 aromatic rings. The molecule has 0 amide bonds. The Bertz CT molecular complexity index is 161.